The molecule has 0 aliphatic carbocycles. The Bertz CT molecular complexity index is 671. The molecule has 3 aromatic rings. The summed E-state index contributed by atoms with van der Waals surface area (Å²) in [5, 5.41) is 10.4. The standard InChI is InChI=1S/C14H12N2O/c1-10-9-16(11-5-3-2-4-6-11)14-13(10)7-12(17)8-15-14/h2-9,17H,1H3. The fourth-order valence-electron chi connectivity index (χ4n) is 2.04. The van der Waals surface area contributed by atoms with Crippen molar-refractivity contribution in [3.63, 3.8) is 0 Å². The summed E-state index contributed by atoms with van der Waals surface area (Å²) in [6.45, 7) is 2.02. The lowest BCUT2D eigenvalue weighted by Crippen LogP contribution is -1.92. The molecule has 0 spiro atoms. The van der Waals surface area contributed by atoms with Gasteiger partial charge in [-0.25, -0.2) is 4.98 Å². The summed E-state index contributed by atoms with van der Waals surface area (Å²) in [4.78, 5) is 4.29. The first kappa shape index (κ1) is 9.90. The number of para-hydroxylation sites is 1. The van der Waals surface area contributed by atoms with E-state index in [2.05, 4.69) is 4.98 Å². The van der Waals surface area contributed by atoms with Crippen LogP contribution in [-0.4, -0.2) is 14.7 Å². The number of pyridine rings is 1. The Labute approximate surface area is 99.0 Å². The summed E-state index contributed by atoms with van der Waals surface area (Å²) in [5.41, 5.74) is 3.04. The Balaban J connectivity index is 2.32. The van der Waals surface area contributed by atoms with E-state index < -0.39 is 0 Å². The molecule has 0 unspecified atom stereocenters. The smallest absolute Gasteiger partial charge is 0.144 e. The third-order valence-electron chi connectivity index (χ3n) is 2.86. The van der Waals surface area contributed by atoms with Gasteiger partial charge in [-0.3, -0.25) is 0 Å². The van der Waals surface area contributed by atoms with E-state index in [0.29, 0.717) is 0 Å². The SMILES string of the molecule is Cc1cn(-c2ccccc2)c2ncc(O)cc12. The number of aromatic nitrogens is 2. The Kier molecular flexibility index (Phi) is 2.11. The van der Waals surface area contributed by atoms with Gasteiger partial charge < -0.3 is 9.67 Å². The minimum atomic E-state index is 0.200. The van der Waals surface area contributed by atoms with Crippen LogP contribution in [0.5, 0.6) is 5.75 Å². The number of hydrogen-bond donors (Lipinski definition) is 1. The number of fused-ring (bicyclic) bond motifs is 1. The summed E-state index contributed by atoms with van der Waals surface area (Å²) in [7, 11) is 0. The van der Waals surface area contributed by atoms with Gasteiger partial charge in [0, 0.05) is 17.3 Å². The Hall–Kier alpha value is -2.29. The molecular weight excluding hydrogens is 212 g/mol. The summed E-state index contributed by atoms with van der Waals surface area (Å²) in [6.07, 6.45) is 3.51. The first-order valence-corrected chi connectivity index (χ1v) is 5.48. The lowest BCUT2D eigenvalue weighted by atomic mass is 10.2. The number of aromatic hydroxyl groups is 1. The lowest BCUT2D eigenvalue weighted by Gasteiger charge is -2.03. The van der Waals surface area contributed by atoms with Crippen LogP contribution in [0.1, 0.15) is 5.56 Å². The van der Waals surface area contributed by atoms with Crippen LogP contribution in [0.3, 0.4) is 0 Å². The second-order valence-electron chi connectivity index (χ2n) is 4.08. The predicted octanol–water partition coefficient (Wildman–Crippen LogP) is 3.04. The largest absolute Gasteiger partial charge is 0.506 e. The molecule has 0 aliphatic heterocycles. The quantitative estimate of drug-likeness (QED) is 0.690. The zero-order valence-corrected chi connectivity index (χ0v) is 9.46. The predicted molar refractivity (Wildman–Crippen MR) is 67.5 cm³/mol. The molecule has 0 aliphatic rings. The van der Waals surface area contributed by atoms with Crippen molar-refractivity contribution in [3.05, 3.63) is 54.4 Å². The highest BCUT2D eigenvalue weighted by Crippen LogP contribution is 2.25. The van der Waals surface area contributed by atoms with E-state index in [4.69, 9.17) is 0 Å². The minimum absolute atomic E-state index is 0.200. The van der Waals surface area contributed by atoms with Crippen molar-refractivity contribution < 1.29 is 5.11 Å². The summed E-state index contributed by atoms with van der Waals surface area (Å²) >= 11 is 0. The number of aryl methyl sites for hydroxylation is 1. The first-order valence-electron chi connectivity index (χ1n) is 5.48. The van der Waals surface area contributed by atoms with Gasteiger partial charge in [0.15, 0.2) is 0 Å². The molecule has 3 rings (SSSR count). The maximum atomic E-state index is 9.46. The number of nitrogens with zero attached hydrogens (tertiary/aromatic N) is 2. The summed E-state index contributed by atoms with van der Waals surface area (Å²) in [6, 6.07) is 11.8. The second kappa shape index (κ2) is 3.63. The topological polar surface area (TPSA) is 38.0 Å². The monoisotopic (exact) mass is 224 g/mol. The van der Waals surface area contributed by atoms with Crippen LogP contribution in [0.25, 0.3) is 16.7 Å². The molecule has 1 N–H and O–H groups in total. The molecule has 3 heteroatoms. The van der Waals surface area contributed by atoms with Crippen LogP contribution < -0.4 is 0 Å². The molecule has 2 aromatic heterocycles. The number of rotatable bonds is 1. The highest BCUT2D eigenvalue weighted by Gasteiger charge is 2.08. The maximum Gasteiger partial charge on any atom is 0.144 e. The molecule has 17 heavy (non-hydrogen) atoms. The van der Waals surface area contributed by atoms with Crippen molar-refractivity contribution in [1.82, 2.24) is 9.55 Å². The fraction of sp³-hybridized carbons (Fsp3) is 0.0714. The van der Waals surface area contributed by atoms with Gasteiger partial charge in [-0.15, -0.1) is 0 Å². The van der Waals surface area contributed by atoms with Crippen LogP contribution in [0.2, 0.25) is 0 Å². The van der Waals surface area contributed by atoms with Crippen LogP contribution in [0.4, 0.5) is 0 Å². The van der Waals surface area contributed by atoms with Crippen molar-refractivity contribution >= 4 is 11.0 Å². The van der Waals surface area contributed by atoms with Crippen molar-refractivity contribution in [1.29, 1.82) is 0 Å². The van der Waals surface area contributed by atoms with Crippen molar-refractivity contribution in [2.75, 3.05) is 0 Å². The van der Waals surface area contributed by atoms with E-state index in [0.717, 1.165) is 22.3 Å². The maximum absolute atomic E-state index is 9.46. The van der Waals surface area contributed by atoms with Crippen LogP contribution in [0.15, 0.2) is 48.8 Å². The zero-order chi connectivity index (χ0) is 11.8. The van der Waals surface area contributed by atoms with Gasteiger partial charge in [0.1, 0.15) is 11.4 Å². The molecule has 84 valence electrons. The molecule has 1 aromatic carbocycles. The Morgan fingerprint density at radius 3 is 2.71 bits per heavy atom. The van der Waals surface area contributed by atoms with Gasteiger partial charge in [-0.2, -0.15) is 0 Å². The molecule has 3 nitrogen and oxygen atoms in total. The average molecular weight is 224 g/mol. The van der Waals surface area contributed by atoms with E-state index in [1.807, 2.05) is 48.0 Å². The van der Waals surface area contributed by atoms with E-state index in [1.165, 1.54) is 6.20 Å². The molecule has 0 amide bonds. The summed E-state index contributed by atoms with van der Waals surface area (Å²) in [5.74, 6) is 0.200. The lowest BCUT2D eigenvalue weighted by molar-refractivity contribution is 0.474. The highest BCUT2D eigenvalue weighted by atomic mass is 16.3. The normalized spacial score (nSPS) is 10.9. The summed E-state index contributed by atoms with van der Waals surface area (Å²) < 4.78 is 2.03. The molecule has 0 saturated carbocycles. The molecule has 0 atom stereocenters. The molecule has 0 saturated heterocycles. The molecule has 0 bridgehead atoms. The first-order chi connectivity index (χ1) is 8.25. The molecular formula is C14H12N2O. The van der Waals surface area contributed by atoms with E-state index >= 15 is 0 Å². The van der Waals surface area contributed by atoms with Crippen LogP contribution in [0, 0.1) is 6.92 Å². The fourth-order valence-corrected chi connectivity index (χ4v) is 2.04. The van der Waals surface area contributed by atoms with Crippen LogP contribution in [-0.2, 0) is 0 Å². The van der Waals surface area contributed by atoms with E-state index in [1.54, 1.807) is 6.07 Å². The van der Waals surface area contributed by atoms with E-state index in [-0.39, 0.29) is 5.75 Å². The Morgan fingerprint density at radius 2 is 1.94 bits per heavy atom. The van der Waals surface area contributed by atoms with Crippen molar-refractivity contribution in [2.45, 2.75) is 6.92 Å². The molecule has 2 heterocycles. The van der Waals surface area contributed by atoms with Gasteiger partial charge in [0.2, 0.25) is 0 Å². The third kappa shape index (κ3) is 1.56. The molecule has 0 fully saturated rings. The van der Waals surface area contributed by atoms with Crippen LogP contribution >= 0.6 is 0 Å². The van der Waals surface area contributed by atoms with Gasteiger partial charge in [-0.1, -0.05) is 18.2 Å². The van der Waals surface area contributed by atoms with E-state index in [9.17, 15) is 5.11 Å². The van der Waals surface area contributed by atoms with Crippen molar-refractivity contribution in [2.24, 2.45) is 0 Å². The number of hydrogen-bond acceptors (Lipinski definition) is 2. The third-order valence-corrected chi connectivity index (χ3v) is 2.86. The van der Waals surface area contributed by atoms with Gasteiger partial charge in [-0.05, 0) is 30.7 Å². The van der Waals surface area contributed by atoms with Gasteiger partial charge in [0.05, 0.1) is 6.20 Å². The second-order valence-corrected chi connectivity index (χ2v) is 4.08. The van der Waals surface area contributed by atoms with Gasteiger partial charge >= 0.3 is 0 Å². The minimum Gasteiger partial charge on any atom is -0.506 e. The zero-order valence-electron chi connectivity index (χ0n) is 9.46. The molecule has 0 radical (unpaired) electrons. The highest BCUT2D eigenvalue weighted by molar-refractivity contribution is 5.83. The van der Waals surface area contributed by atoms with Gasteiger partial charge in [0.25, 0.3) is 0 Å². The van der Waals surface area contributed by atoms with Crippen molar-refractivity contribution in [3.8, 4) is 11.4 Å². The average Bonchev–Trinajstić information content (AvgIpc) is 2.68. The number of benzene rings is 1. The Morgan fingerprint density at radius 1 is 1.18 bits per heavy atom.